The minimum absolute atomic E-state index is 0.202. The number of aryl methyl sites for hydroxylation is 1. The molecule has 0 N–H and O–H groups in total. The number of rotatable bonds is 7. The van der Waals surface area contributed by atoms with Crippen molar-refractivity contribution < 1.29 is 14.3 Å². The van der Waals surface area contributed by atoms with Crippen molar-refractivity contribution in [2.45, 2.75) is 38.5 Å². The lowest BCUT2D eigenvalue weighted by molar-refractivity contribution is -0.150. The molecule has 0 amide bonds. The fourth-order valence-corrected chi connectivity index (χ4v) is 3.54. The van der Waals surface area contributed by atoms with Crippen molar-refractivity contribution in [3.05, 3.63) is 100.0 Å². The fourth-order valence-electron chi connectivity index (χ4n) is 3.54. The van der Waals surface area contributed by atoms with Crippen LogP contribution in [0.15, 0.2) is 77.6 Å². The van der Waals surface area contributed by atoms with Gasteiger partial charge in [-0.1, -0.05) is 60.7 Å². The topological polar surface area (TPSA) is 57.5 Å². The number of nitrogens with zero attached hydrogens (tertiary/aromatic N) is 1. The Kier molecular flexibility index (Phi) is 5.21. The molecule has 0 saturated heterocycles. The highest BCUT2D eigenvalue weighted by atomic mass is 16.5. The van der Waals surface area contributed by atoms with Gasteiger partial charge in [-0.15, -0.1) is 0 Å². The van der Waals surface area contributed by atoms with Gasteiger partial charge < -0.3 is 9.47 Å². The van der Waals surface area contributed by atoms with E-state index in [0.29, 0.717) is 30.9 Å². The Morgan fingerprint density at radius 1 is 0.931 bits per heavy atom. The van der Waals surface area contributed by atoms with Crippen molar-refractivity contribution in [1.29, 1.82) is 0 Å². The summed E-state index contributed by atoms with van der Waals surface area (Å²) >= 11 is 0. The number of aromatic nitrogens is 1. The minimum Gasteiger partial charge on any atom is -0.489 e. The van der Waals surface area contributed by atoms with Gasteiger partial charge in [-0.05, 0) is 37.0 Å². The highest BCUT2D eigenvalue weighted by molar-refractivity contribution is 5.82. The molecule has 0 atom stereocenters. The van der Waals surface area contributed by atoms with E-state index in [4.69, 9.17) is 9.47 Å². The van der Waals surface area contributed by atoms with Gasteiger partial charge in [0.1, 0.15) is 24.5 Å². The first-order chi connectivity index (χ1) is 14.1. The van der Waals surface area contributed by atoms with Crippen LogP contribution >= 0.6 is 0 Å². The van der Waals surface area contributed by atoms with Crippen molar-refractivity contribution in [3.63, 3.8) is 0 Å². The van der Waals surface area contributed by atoms with Crippen molar-refractivity contribution >= 4 is 5.97 Å². The lowest BCUT2D eigenvalue weighted by Crippen LogP contribution is -2.38. The monoisotopic (exact) mass is 389 g/mol. The zero-order valence-electron chi connectivity index (χ0n) is 16.3. The summed E-state index contributed by atoms with van der Waals surface area (Å²) in [6.07, 6.45) is 1.21. The zero-order valence-corrected chi connectivity index (χ0v) is 16.3. The molecule has 0 radical (unpaired) electrons. The summed E-state index contributed by atoms with van der Waals surface area (Å²) in [7, 11) is 0. The van der Waals surface area contributed by atoms with Crippen molar-refractivity contribution in [2.75, 3.05) is 0 Å². The molecule has 1 aromatic heterocycles. The maximum Gasteiger partial charge on any atom is 0.332 e. The van der Waals surface area contributed by atoms with E-state index in [1.165, 1.54) is 6.07 Å². The Hall–Kier alpha value is -3.34. The molecular weight excluding hydrogens is 366 g/mol. The number of carbonyl (C=O) groups excluding carboxylic acids is 1. The maximum atomic E-state index is 12.8. The number of esters is 1. The summed E-state index contributed by atoms with van der Waals surface area (Å²) in [5.41, 5.74) is 1.49. The summed E-state index contributed by atoms with van der Waals surface area (Å²) in [6.45, 7) is 2.41. The molecule has 1 saturated carbocycles. The molecule has 0 bridgehead atoms. The lowest BCUT2D eigenvalue weighted by atomic mass is 10.2. The molecule has 3 aromatic rings. The Morgan fingerprint density at radius 2 is 1.52 bits per heavy atom. The van der Waals surface area contributed by atoms with E-state index in [0.717, 1.165) is 11.1 Å². The first-order valence-electron chi connectivity index (χ1n) is 9.70. The highest BCUT2D eigenvalue weighted by Crippen LogP contribution is 2.44. The second kappa shape index (κ2) is 7.95. The molecule has 4 rings (SSSR count). The molecule has 148 valence electrons. The third kappa shape index (κ3) is 4.09. The van der Waals surface area contributed by atoms with Crippen LogP contribution in [0.3, 0.4) is 0 Å². The zero-order chi connectivity index (χ0) is 20.3. The van der Waals surface area contributed by atoms with Crippen LogP contribution in [0.25, 0.3) is 0 Å². The minimum atomic E-state index is -0.895. The molecule has 0 aliphatic heterocycles. The summed E-state index contributed by atoms with van der Waals surface area (Å²) < 4.78 is 12.9. The van der Waals surface area contributed by atoms with Crippen LogP contribution in [0, 0.1) is 6.92 Å². The average Bonchev–Trinajstić information content (AvgIpc) is 3.53. The first-order valence-corrected chi connectivity index (χ1v) is 9.70. The van der Waals surface area contributed by atoms with E-state index in [-0.39, 0.29) is 18.1 Å². The van der Waals surface area contributed by atoms with Crippen LogP contribution in [0.2, 0.25) is 0 Å². The molecule has 2 aromatic carbocycles. The third-order valence-corrected chi connectivity index (χ3v) is 5.18. The van der Waals surface area contributed by atoms with E-state index < -0.39 is 5.54 Å². The summed E-state index contributed by atoms with van der Waals surface area (Å²) in [5, 5.41) is 0. The summed E-state index contributed by atoms with van der Waals surface area (Å²) in [4.78, 5) is 25.6. The van der Waals surface area contributed by atoms with E-state index in [1.807, 2.05) is 67.6 Å². The van der Waals surface area contributed by atoms with Gasteiger partial charge in [0.25, 0.3) is 5.56 Å². The lowest BCUT2D eigenvalue weighted by Gasteiger charge is -2.21. The van der Waals surface area contributed by atoms with Crippen molar-refractivity contribution in [2.24, 2.45) is 0 Å². The normalized spacial score (nSPS) is 14.2. The Labute approximate surface area is 169 Å². The van der Waals surface area contributed by atoms with Crippen LogP contribution < -0.4 is 10.3 Å². The molecule has 1 heterocycles. The summed E-state index contributed by atoms with van der Waals surface area (Å²) in [6, 6.07) is 22.5. The van der Waals surface area contributed by atoms with Gasteiger partial charge in [-0.2, -0.15) is 0 Å². The fraction of sp³-hybridized carbons (Fsp3) is 0.250. The SMILES string of the molecule is Cc1cc(OCc2ccccc2)cc(=O)n1C1(C(=O)OCc2ccccc2)CC1. The molecule has 1 aliphatic carbocycles. The average molecular weight is 389 g/mol. The Morgan fingerprint density at radius 3 is 2.07 bits per heavy atom. The van der Waals surface area contributed by atoms with Crippen LogP contribution in [0.5, 0.6) is 5.75 Å². The van der Waals surface area contributed by atoms with Gasteiger partial charge in [0, 0.05) is 11.8 Å². The Bertz CT molecular complexity index is 1050. The van der Waals surface area contributed by atoms with Crippen molar-refractivity contribution in [3.8, 4) is 5.75 Å². The predicted molar refractivity (Wildman–Crippen MR) is 110 cm³/mol. The van der Waals surface area contributed by atoms with E-state index in [1.54, 1.807) is 10.6 Å². The summed E-state index contributed by atoms with van der Waals surface area (Å²) in [5.74, 6) is 0.144. The predicted octanol–water partition coefficient (Wildman–Crippen LogP) is 3.97. The number of ether oxygens (including phenoxy) is 2. The van der Waals surface area contributed by atoms with Gasteiger partial charge >= 0.3 is 5.97 Å². The van der Waals surface area contributed by atoms with E-state index >= 15 is 0 Å². The van der Waals surface area contributed by atoms with E-state index in [9.17, 15) is 9.59 Å². The molecule has 0 spiro atoms. The second-order valence-corrected chi connectivity index (χ2v) is 7.37. The molecule has 1 fully saturated rings. The van der Waals surface area contributed by atoms with Gasteiger partial charge in [0.05, 0.1) is 0 Å². The smallest absolute Gasteiger partial charge is 0.332 e. The molecule has 1 aliphatic rings. The molecule has 5 nitrogen and oxygen atoms in total. The van der Waals surface area contributed by atoms with Crippen LogP contribution in [-0.2, 0) is 28.3 Å². The van der Waals surface area contributed by atoms with E-state index in [2.05, 4.69) is 0 Å². The molecule has 5 heteroatoms. The molecule has 0 unspecified atom stereocenters. The Balaban J connectivity index is 1.49. The molecular formula is C24H23NO4. The van der Waals surface area contributed by atoms with Gasteiger partial charge in [-0.3, -0.25) is 9.36 Å². The van der Waals surface area contributed by atoms with Gasteiger partial charge in [0.15, 0.2) is 0 Å². The van der Waals surface area contributed by atoms with Gasteiger partial charge in [0.2, 0.25) is 0 Å². The number of benzene rings is 2. The standard InChI is InChI=1S/C24H23NO4/c1-18-14-21(28-16-19-8-4-2-5-9-19)15-22(26)25(18)24(12-13-24)23(27)29-17-20-10-6-3-7-11-20/h2-11,14-15H,12-13,16-17H2,1H3. The largest absolute Gasteiger partial charge is 0.489 e. The number of pyridine rings is 1. The highest BCUT2D eigenvalue weighted by Gasteiger charge is 2.54. The third-order valence-electron chi connectivity index (χ3n) is 5.18. The maximum absolute atomic E-state index is 12.8. The van der Waals surface area contributed by atoms with Crippen LogP contribution in [0.1, 0.15) is 29.7 Å². The second-order valence-electron chi connectivity index (χ2n) is 7.37. The number of carbonyl (C=O) groups is 1. The molecule has 29 heavy (non-hydrogen) atoms. The quantitative estimate of drug-likeness (QED) is 0.574. The number of hydrogen-bond acceptors (Lipinski definition) is 4. The van der Waals surface area contributed by atoms with Crippen LogP contribution in [-0.4, -0.2) is 10.5 Å². The van der Waals surface area contributed by atoms with Crippen molar-refractivity contribution in [1.82, 2.24) is 4.57 Å². The first kappa shape index (κ1) is 19.0. The van der Waals surface area contributed by atoms with Crippen LogP contribution in [0.4, 0.5) is 0 Å². The van der Waals surface area contributed by atoms with Gasteiger partial charge in [-0.25, -0.2) is 4.79 Å². The number of hydrogen-bond donors (Lipinski definition) is 0.